The molecule has 0 rings (SSSR count). The molecule has 324 valence electrons. The molecule has 0 heterocycles. The molecule has 0 amide bonds. The Morgan fingerprint density at radius 3 is 1.36 bits per heavy atom. The summed E-state index contributed by atoms with van der Waals surface area (Å²) in [4.78, 5) is 42.8. The Bertz CT molecular complexity index is 1090. The van der Waals surface area contributed by atoms with E-state index in [2.05, 4.69) is 79.1 Å². The van der Waals surface area contributed by atoms with E-state index in [1.807, 2.05) is 0 Å². The normalized spacial score (nSPS) is 13.0. The molecule has 0 bridgehead atoms. The summed E-state index contributed by atoms with van der Waals surface area (Å²) in [6.07, 6.45) is 54.0. The average molecular weight is 807 g/mol. The van der Waals surface area contributed by atoms with Crippen molar-refractivity contribution in [2.75, 3.05) is 13.2 Å². The third kappa shape index (κ3) is 44.5. The molecular formula is C47H83O8P. The zero-order chi connectivity index (χ0) is 41.1. The Labute approximate surface area is 343 Å². The maximum Gasteiger partial charge on any atom is 0.469 e. The van der Waals surface area contributed by atoms with Gasteiger partial charge in [0.1, 0.15) is 6.61 Å². The standard InChI is InChI=1S/C47H83O8P/c1-3-5-7-9-11-13-15-17-19-20-21-22-23-24-25-26-28-29-31-33-35-37-39-41-46(48)53-43-45(44-54-56(50,51)52)55-47(49)42-40-38-36-34-32-30-27-18-16-14-12-10-8-6-4-2/h12,14,18,26-28,32-35,45H,3-11,13,15-17,19-25,29-31,36-44H2,1-2H3,(H2,50,51,52)/b14-12+,27-18+,28-26+,34-32+,35-33+/t45-/m1/s1. The first-order valence-electron chi connectivity index (χ1n) is 22.6. The lowest BCUT2D eigenvalue weighted by molar-refractivity contribution is -0.161. The van der Waals surface area contributed by atoms with Crippen LogP contribution < -0.4 is 0 Å². The van der Waals surface area contributed by atoms with Gasteiger partial charge in [-0.25, -0.2) is 4.57 Å². The molecule has 0 aliphatic carbocycles. The van der Waals surface area contributed by atoms with Crippen LogP contribution in [0.2, 0.25) is 0 Å². The van der Waals surface area contributed by atoms with Crippen LogP contribution in [0, 0.1) is 0 Å². The minimum absolute atomic E-state index is 0.153. The molecular weight excluding hydrogens is 723 g/mol. The van der Waals surface area contributed by atoms with Gasteiger partial charge in [-0.15, -0.1) is 0 Å². The molecule has 0 unspecified atom stereocenters. The van der Waals surface area contributed by atoms with Crippen molar-refractivity contribution in [3.63, 3.8) is 0 Å². The van der Waals surface area contributed by atoms with Crippen LogP contribution in [0.5, 0.6) is 0 Å². The molecule has 0 aliphatic heterocycles. The summed E-state index contributed by atoms with van der Waals surface area (Å²) >= 11 is 0. The van der Waals surface area contributed by atoms with Gasteiger partial charge in [-0.05, 0) is 83.5 Å². The second kappa shape index (κ2) is 42.4. The minimum atomic E-state index is -4.78. The highest BCUT2D eigenvalue weighted by atomic mass is 31.2. The van der Waals surface area contributed by atoms with Gasteiger partial charge in [0.2, 0.25) is 0 Å². The van der Waals surface area contributed by atoms with Crippen molar-refractivity contribution in [3.8, 4) is 0 Å². The number of allylic oxidation sites excluding steroid dienone is 10. The average Bonchev–Trinajstić information content (AvgIpc) is 3.17. The highest BCUT2D eigenvalue weighted by molar-refractivity contribution is 7.46. The van der Waals surface area contributed by atoms with Crippen LogP contribution in [-0.2, 0) is 28.2 Å². The van der Waals surface area contributed by atoms with Crippen molar-refractivity contribution >= 4 is 19.8 Å². The van der Waals surface area contributed by atoms with Crippen molar-refractivity contribution in [1.82, 2.24) is 0 Å². The van der Waals surface area contributed by atoms with E-state index < -0.39 is 32.5 Å². The Balaban J connectivity index is 3.96. The SMILES string of the molecule is CCCCC/C=C/C/C=C/C/C=C/CCCCC(=O)O[C@H](COC(=O)CCC/C=C/CC/C=C/CCCCCCCCCCCCCCCC)COP(=O)(O)O. The summed E-state index contributed by atoms with van der Waals surface area (Å²) in [5, 5.41) is 0. The number of ether oxygens (including phenoxy) is 2. The minimum Gasteiger partial charge on any atom is -0.462 e. The number of phosphoric ester groups is 1. The second-order valence-corrected chi connectivity index (χ2v) is 16.2. The topological polar surface area (TPSA) is 119 Å². The van der Waals surface area contributed by atoms with Crippen molar-refractivity contribution < 1.29 is 37.9 Å². The molecule has 0 fully saturated rings. The quantitative estimate of drug-likeness (QED) is 0.0271. The molecule has 0 saturated heterocycles. The lowest BCUT2D eigenvalue weighted by Gasteiger charge is -2.18. The molecule has 56 heavy (non-hydrogen) atoms. The Morgan fingerprint density at radius 2 is 0.839 bits per heavy atom. The monoisotopic (exact) mass is 807 g/mol. The van der Waals surface area contributed by atoms with Crippen molar-refractivity contribution in [2.45, 2.75) is 213 Å². The summed E-state index contributed by atoms with van der Waals surface area (Å²) in [7, 11) is -4.78. The van der Waals surface area contributed by atoms with E-state index >= 15 is 0 Å². The summed E-state index contributed by atoms with van der Waals surface area (Å²) in [6, 6.07) is 0. The summed E-state index contributed by atoms with van der Waals surface area (Å²) in [5.41, 5.74) is 0. The van der Waals surface area contributed by atoms with Crippen LogP contribution in [0.15, 0.2) is 60.8 Å². The predicted octanol–water partition coefficient (Wildman–Crippen LogP) is 14.1. The van der Waals surface area contributed by atoms with Crippen LogP contribution in [0.25, 0.3) is 0 Å². The Kier molecular flexibility index (Phi) is 40.7. The number of hydrogen-bond acceptors (Lipinski definition) is 6. The molecule has 0 aliphatic rings. The fourth-order valence-electron chi connectivity index (χ4n) is 6.11. The van der Waals surface area contributed by atoms with Gasteiger partial charge in [0.05, 0.1) is 6.61 Å². The van der Waals surface area contributed by atoms with Crippen LogP contribution in [-0.4, -0.2) is 41.0 Å². The maximum atomic E-state index is 12.4. The van der Waals surface area contributed by atoms with Crippen LogP contribution in [0.3, 0.4) is 0 Å². The first kappa shape index (κ1) is 53.8. The molecule has 2 N–H and O–H groups in total. The van der Waals surface area contributed by atoms with Crippen molar-refractivity contribution in [2.24, 2.45) is 0 Å². The van der Waals surface area contributed by atoms with Gasteiger partial charge in [0.25, 0.3) is 0 Å². The Hall–Kier alpha value is -2.25. The molecule has 1 atom stereocenters. The van der Waals surface area contributed by atoms with E-state index in [4.69, 9.17) is 19.3 Å². The molecule has 0 aromatic heterocycles. The van der Waals surface area contributed by atoms with Gasteiger partial charge < -0.3 is 19.3 Å². The zero-order valence-electron chi connectivity index (χ0n) is 35.8. The summed E-state index contributed by atoms with van der Waals surface area (Å²) in [5.74, 6) is -0.979. The van der Waals surface area contributed by atoms with Crippen LogP contribution in [0.4, 0.5) is 0 Å². The molecule has 8 nitrogen and oxygen atoms in total. The molecule has 0 radical (unpaired) electrons. The van der Waals surface area contributed by atoms with E-state index in [0.717, 1.165) is 57.8 Å². The largest absolute Gasteiger partial charge is 0.469 e. The molecule has 0 aromatic carbocycles. The third-order valence-corrected chi connectivity index (χ3v) is 9.97. The van der Waals surface area contributed by atoms with Crippen LogP contribution in [0.1, 0.15) is 206 Å². The fraction of sp³-hybridized carbons (Fsp3) is 0.745. The van der Waals surface area contributed by atoms with Crippen molar-refractivity contribution in [1.29, 1.82) is 0 Å². The van der Waals surface area contributed by atoms with Crippen LogP contribution >= 0.6 is 7.82 Å². The number of carbonyl (C=O) groups is 2. The predicted molar refractivity (Wildman–Crippen MR) is 234 cm³/mol. The number of phosphoric acid groups is 1. The number of unbranched alkanes of at least 4 members (excludes halogenated alkanes) is 21. The van der Waals surface area contributed by atoms with Gasteiger partial charge in [-0.2, -0.15) is 0 Å². The lowest BCUT2D eigenvalue weighted by Crippen LogP contribution is -2.29. The number of esters is 2. The summed E-state index contributed by atoms with van der Waals surface area (Å²) in [6.45, 7) is 3.60. The lowest BCUT2D eigenvalue weighted by atomic mass is 10.0. The fourth-order valence-corrected chi connectivity index (χ4v) is 6.47. The molecule has 0 aromatic rings. The first-order valence-corrected chi connectivity index (χ1v) is 24.1. The maximum absolute atomic E-state index is 12.4. The van der Waals surface area contributed by atoms with E-state index in [0.29, 0.717) is 12.8 Å². The molecule has 0 spiro atoms. The van der Waals surface area contributed by atoms with Gasteiger partial charge >= 0.3 is 19.8 Å². The van der Waals surface area contributed by atoms with Gasteiger partial charge in [0.15, 0.2) is 6.10 Å². The zero-order valence-corrected chi connectivity index (χ0v) is 36.7. The van der Waals surface area contributed by atoms with E-state index in [-0.39, 0.29) is 19.4 Å². The number of hydrogen-bond donors (Lipinski definition) is 2. The number of rotatable bonds is 41. The highest BCUT2D eigenvalue weighted by Crippen LogP contribution is 2.36. The number of carbonyl (C=O) groups excluding carboxylic acids is 2. The van der Waals surface area contributed by atoms with Gasteiger partial charge in [-0.3, -0.25) is 14.1 Å². The third-order valence-electron chi connectivity index (χ3n) is 9.49. The molecule has 0 saturated carbocycles. The summed E-state index contributed by atoms with van der Waals surface area (Å²) < 4.78 is 26.3. The second-order valence-electron chi connectivity index (χ2n) is 15.0. The van der Waals surface area contributed by atoms with E-state index in [1.165, 1.54) is 109 Å². The first-order chi connectivity index (χ1) is 27.3. The van der Waals surface area contributed by atoms with Gasteiger partial charge in [-0.1, -0.05) is 171 Å². The highest BCUT2D eigenvalue weighted by Gasteiger charge is 2.22. The Morgan fingerprint density at radius 1 is 0.464 bits per heavy atom. The van der Waals surface area contributed by atoms with Gasteiger partial charge in [0, 0.05) is 12.8 Å². The van der Waals surface area contributed by atoms with Crippen molar-refractivity contribution in [3.05, 3.63) is 60.8 Å². The smallest absolute Gasteiger partial charge is 0.462 e. The van der Waals surface area contributed by atoms with E-state index in [9.17, 15) is 14.2 Å². The molecule has 9 heteroatoms. The van der Waals surface area contributed by atoms with E-state index in [1.54, 1.807) is 0 Å².